The highest BCUT2D eigenvalue weighted by Gasteiger charge is 2.18. The van der Waals surface area contributed by atoms with Gasteiger partial charge < -0.3 is 10.1 Å². The molecule has 0 spiro atoms. The molecule has 132 valence electrons. The van der Waals surface area contributed by atoms with Crippen molar-refractivity contribution in [1.29, 1.82) is 5.26 Å². The van der Waals surface area contributed by atoms with Crippen LogP contribution in [0.15, 0.2) is 24.3 Å². The van der Waals surface area contributed by atoms with Crippen LogP contribution in [0.2, 0.25) is 0 Å². The lowest BCUT2D eigenvalue weighted by Gasteiger charge is -2.28. The molecule has 0 aliphatic carbocycles. The van der Waals surface area contributed by atoms with Crippen LogP contribution in [0.25, 0.3) is 0 Å². The monoisotopic (exact) mass is 331 g/mol. The number of methoxy groups -OCH3 is 1. The molecule has 0 heterocycles. The lowest BCUT2D eigenvalue weighted by molar-refractivity contribution is -0.122. The van der Waals surface area contributed by atoms with Gasteiger partial charge in [-0.3, -0.25) is 9.69 Å². The van der Waals surface area contributed by atoms with E-state index in [1.54, 1.807) is 7.11 Å². The Morgan fingerprint density at radius 1 is 1.29 bits per heavy atom. The maximum absolute atomic E-state index is 12.3. The highest BCUT2D eigenvalue weighted by atomic mass is 16.5. The third kappa shape index (κ3) is 8.09. The molecule has 1 amide bonds. The van der Waals surface area contributed by atoms with E-state index in [9.17, 15) is 4.79 Å². The van der Waals surface area contributed by atoms with E-state index in [-0.39, 0.29) is 11.3 Å². The first kappa shape index (κ1) is 20.1. The normalized spacial score (nSPS) is 11.3. The van der Waals surface area contributed by atoms with Gasteiger partial charge >= 0.3 is 0 Å². The van der Waals surface area contributed by atoms with Gasteiger partial charge in [-0.1, -0.05) is 45.0 Å². The molecule has 0 fully saturated rings. The molecule has 5 heteroatoms. The van der Waals surface area contributed by atoms with Gasteiger partial charge in [-0.25, -0.2) is 0 Å². The van der Waals surface area contributed by atoms with Crippen molar-refractivity contribution >= 4 is 5.91 Å². The Morgan fingerprint density at radius 3 is 2.54 bits per heavy atom. The third-order valence-electron chi connectivity index (χ3n) is 3.50. The minimum absolute atomic E-state index is 0.0237. The van der Waals surface area contributed by atoms with E-state index in [1.165, 1.54) is 0 Å². The van der Waals surface area contributed by atoms with Crippen molar-refractivity contribution in [3.63, 3.8) is 0 Å². The van der Waals surface area contributed by atoms with Crippen molar-refractivity contribution in [2.24, 2.45) is 5.41 Å². The zero-order valence-corrected chi connectivity index (χ0v) is 15.3. The number of ether oxygens (including phenoxy) is 1. The van der Waals surface area contributed by atoms with Crippen LogP contribution < -0.4 is 5.32 Å². The number of rotatable bonds is 9. The van der Waals surface area contributed by atoms with Crippen LogP contribution in [-0.4, -0.2) is 37.6 Å². The van der Waals surface area contributed by atoms with E-state index >= 15 is 0 Å². The Bertz CT molecular complexity index is 558. The number of nitrogens with one attached hydrogen (secondary N) is 1. The standard InChI is InChI=1S/C19H29N3O2/c1-19(2,3)15-22(11-7-10-20)13-18(23)21-12-16-8-5-6-9-17(16)14-24-4/h5-6,8-9H,7,11-15H2,1-4H3,(H,21,23). The SMILES string of the molecule is COCc1ccccc1CNC(=O)CN(CCC#N)CC(C)(C)C. The molecule has 0 aliphatic heterocycles. The number of carbonyl (C=O) groups is 1. The van der Waals surface area contributed by atoms with Crippen molar-refractivity contribution in [3.8, 4) is 6.07 Å². The molecule has 24 heavy (non-hydrogen) atoms. The van der Waals surface area contributed by atoms with E-state index in [2.05, 4.69) is 32.2 Å². The van der Waals surface area contributed by atoms with Crippen molar-refractivity contribution in [2.75, 3.05) is 26.7 Å². The maximum Gasteiger partial charge on any atom is 0.234 e. The van der Waals surface area contributed by atoms with Gasteiger partial charge in [-0.15, -0.1) is 0 Å². The summed E-state index contributed by atoms with van der Waals surface area (Å²) in [5, 5.41) is 11.8. The Morgan fingerprint density at radius 2 is 1.96 bits per heavy atom. The molecule has 1 aromatic carbocycles. The maximum atomic E-state index is 12.3. The third-order valence-corrected chi connectivity index (χ3v) is 3.50. The van der Waals surface area contributed by atoms with Crippen LogP contribution in [0.3, 0.4) is 0 Å². The number of carbonyl (C=O) groups excluding carboxylic acids is 1. The molecular formula is C19H29N3O2. The minimum atomic E-state index is -0.0237. The minimum Gasteiger partial charge on any atom is -0.380 e. The Hall–Kier alpha value is -1.90. The van der Waals surface area contributed by atoms with Gasteiger partial charge in [0, 0.05) is 33.2 Å². The summed E-state index contributed by atoms with van der Waals surface area (Å²) in [5.74, 6) is -0.0237. The summed E-state index contributed by atoms with van der Waals surface area (Å²) in [6.07, 6.45) is 0.431. The molecule has 0 radical (unpaired) electrons. The molecule has 0 atom stereocenters. The number of benzene rings is 1. The van der Waals surface area contributed by atoms with Crippen LogP contribution in [-0.2, 0) is 22.7 Å². The predicted octanol–water partition coefficient (Wildman–Crippen LogP) is 2.71. The Kier molecular flexibility index (Phi) is 8.45. The Balaban J connectivity index is 2.58. The average molecular weight is 331 g/mol. The number of hydrogen-bond acceptors (Lipinski definition) is 4. The number of nitriles is 1. The van der Waals surface area contributed by atoms with E-state index in [4.69, 9.17) is 10.00 Å². The van der Waals surface area contributed by atoms with Gasteiger partial charge in [0.2, 0.25) is 5.91 Å². The van der Waals surface area contributed by atoms with Gasteiger partial charge in [0.1, 0.15) is 0 Å². The first-order valence-electron chi connectivity index (χ1n) is 8.27. The summed E-state index contributed by atoms with van der Waals surface area (Å²) in [7, 11) is 1.66. The van der Waals surface area contributed by atoms with Gasteiger partial charge in [0.05, 0.1) is 19.2 Å². The van der Waals surface area contributed by atoms with Crippen LogP contribution >= 0.6 is 0 Å². The smallest absolute Gasteiger partial charge is 0.234 e. The summed E-state index contributed by atoms with van der Waals surface area (Å²) >= 11 is 0. The van der Waals surface area contributed by atoms with E-state index < -0.39 is 0 Å². The van der Waals surface area contributed by atoms with Crippen molar-refractivity contribution in [1.82, 2.24) is 10.2 Å². The van der Waals surface area contributed by atoms with Gasteiger partial charge in [-0.2, -0.15) is 5.26 Å². The van der Waals surface area contributed by atoms with Gasteiger partial charge in [0.15, 0.2) is 0 Å². The van der Waals surface area contributed by atoms with Crippen molar-refractivity contribution in [3.05, 3.63) is 35.4 Å². The summed E-state index contributed by atoms with van der Waals surface area (Å²) < 4.78 is 5.19. The van der Waals surface area contributed by atoms with E-state index in [0.717, 1.165) is 17.7 Å². The second kappa shape index (κ2) is 10.1. The predicted molar refractivity (Wildman–Crippen MR) is 95.1 cm³/mol. The fourth-order valence-corrected chi connectivity index (χ4v) is 2.57. The van der Waals surface area contributed by atoms with Gasteiger partial charge in [0.25, 0.3) is 0 Å². The highest BCUT2D eigenvalue weighted by molar-refractivity contribution is 5.78. The molecule has 0 bridgehead atoms. The molecule has 0 saturated heterocycles. The molecule has 1 N–H and O–H groups in total. The molecule has 1 aromatic rings. The van der Waals surface area contributed by atoms with Crippen molar-refractivity contribution < 1.29 is 9.53 Å². The van der Waals surface area contributed by atoms with Crippen LogP contribution in [0, 0.1) is 16.7 Å². The summed E-state index contributed by atoms with van der Waals surface area (Å²) in [5.41, 5.74) is 2.23. The first-order chi connectivity index (χ1) is 11.4. The second-order valence-corrected chi connectivity index (χ2v) is 7.16. The number of amides is 1. The van der Waals surface area contributed by atoms with E-state index in [1.807, 2.05) is 29.2 Å². The quantitative estimate of drug-likeness (QED) is 0.755. The van der Waals surface area contributed by atoms with E-state index in [0.29, 0.717) is 32.7 Å². The van der Waals surface area contributed by atoms with Crippen LogP contribution in [0.4, 0.5) is 0 Å². The molecule has 0 unspecified atom stereocenters. The first-order valence-corrected chi connectivity index (χ1v) is 8.27. The molecule has 1 rings (SSSR count). The fourth-order valence-electron chi connectivity index (χ4n) is 2.57. The molecule has 5 nitrogen and oxygen atoms in total. The number of nitrogens with zero attached hydrogens (tertiary/aromatic N) is 2. The average Bonchev–Trinajstić information content (AvgIpc) is 2.50. The summed E-state index contributed by atoms with van der Waals surface area (Å²) in [6, 6.07) is 10.1. The van der Waals surface area contributed by atoms with Crippen LogP contribution in [0.1, 0.15) is 38.3 Å². The molecular weight excluding hydrogens is 302 g/mol. The lowest BCUT2D eigenvalue weighted by atomic mass is 9.96. The number of hydrogen-bond donors (Lipinski definition) is 1. The van der Waals surface area contributed by atoms with Gasteiger partial charge in [-0.05, 0) is 16.5 Å². The molecule has 0 aromatic heterocycles. The zero-order chi connectivity index (χ0) is 18.0. The van der Waals surface area contributed by atoms with Crippen molar-refractivity contribution in [2.45, 2.75) is 40.3 Å². The van der Waals surface area contributed by atoms with Crippen LogP contribution in [0.5, 0.6) is 0 Å². The largest absolute Gasteiger partial charge is 0.380 e. The Labute approximate surface area is 145 Å². The lowest BCUT2D eigenvalue weighted by Crippen LogP contribution is -2.41. The highest BCUT2D eigenvalue weighted by Crippen LogP contribution is 2.15. The second-order valence-electron chi connectivity index (χ2n) is 7.16. The fraction of sp³-hybridized carbons (Fsp3) is 0.579. The zero-order valence-electron chi connectivity index (χ0n) is 15.3. The molecule has 0 aliphatic rings. The summed E-state index contributed by atoms with van der Waals surface area (Å²) in [6.45, 7) is 9.11. The summed E-state index contributed by atoms with van der Waals surface area (Å²) in [4.78, 5) is 14.3. The topological polar surface area (TPSA) is 65.4 Å². The molecule has 0 saturated carbocycles.